The van der Waals surface area contributed by atoms with E-state index in [0.29, 0.717) is 17.0 Å². The van der Waals surface area contributed by atoms with Gasteiger partial charge in [0.15, 0.2) is 0 Å². The molecule has 0 saturated heterocycles. The van der Waals surface area contributed by atoms with E-state index in [1.54, 1.807) is 30.3 Å². The Morgan fingerprint density at radius 3 is 2.43 bits per heavy atom. The molecular weight excluding hydrogens is 266 g/mol. The molecule has 108 valence electrons. The zero-order valence-electron chi connectivity index (χ0n) is 12.3. The second-order valence-electron chi connectivity index (χ2n) is 4.90. The van der Waals surface area contributed by atoms with E-state index in [1.807, 2.05) is 26.0 Å². The molecule has 2 aromatic rings. The number of aryl methyl sites for hydroxylation is 2. The quantitative estimate of drug-likeness (QED) is 0.693. The van der Waals surface area contributed by atoms with Crippen LogP contribution in [0, 0.1) is 13.8 Å². The fourth-order valence-electron chi connectivity index (χ4n) is 1.87. The van der Waals surface area contributed by atoms with Crippen molar-refractivity contribution in [3.05, 3.63) is 59.2 Å². The molecule has 0 aliphatic carbocycles. The molecule has 1 N–H and O–H groups in total. The van der Waals surface area contributed by atoms with Crippen molar-refractivity contribution in [2.45, 2.75) is 20.8 Å². The molecule has 0 radical (unpaired) electrons. The highest BCUT2D eigenvalue weighted by atomic mass is 16.5. The van der Waals surface area contributed by atoms with E-state index in [2.05, 4.69) is 5.32 Å². The number of anilines is 1. The number of hydrogen-bond acceptors (Lipinski definition) is 3. The van der Waals surface area contributed by atoms with Crippen molar-refractivity contribution in [3.8, 4) is 5.75 Å². The number of ether oxygens (including phenoxy) is 1. The minimum atomic E-state index is -0.453. The summed E-state index contributed by atoms with van der Waals surface area (Å²) in [4.78, 5) is 23.1. The van der Waals surface area contributed by atoms with Gasteiger partial charge in [0, 0.05) is 12.6 Å². The van der Waals surface area contributed by atoms with Crippen molar-refractivity contribution in [3.63, 3.8) is 0 Å². The van der Waals surface area contributed by atoms with Crippen molar-refractivity contribution in [1.29, 1.82) is 0 Å². The number of hydrogen-bond donors (Lipinski definition) is 1. The summed E-state index contributed by atoms with van der Waals surface area (Å²) in [5.41, 5.74) is 3.16. The first kappa shape index (κ1) is 14.8. The highest BCUT2D eigenvalue weighted by Crippen LogP contribution is 2.19. The van der Waals surface area contributed by atoms with E-state index in [-0.39, 0.29) is 5.91 Å². The van der Waals surface area contributed by atoms with Crippen molar-refractivity contribution in [2.24, 2.45) is 0 Å². The zero-order chi connectivity index (χ0) is 15.4. The molecular formula is C17H17NO3. The van der Waals surface area contributed by atoms with Gasteiger partial charge in [0.2, 0.25) is 5.91 Å². The Labute approximate surface area is 123 Å². The van der Waals surface area contributed by atoms with Crippen molar-refractivity contribution in [1.82, 2.24) is 0 Å². The van der Waals surface area contributed by atoms with E-state index in [9.17, 15) is 9.59 Å². The fourth-order valence-corrected chi connectivity index (χ4v) is 1.87. The number of carbonyl (C=O) groups excluding carboxylic acids is 2. The number of nitrogens with one attached hydrogen (secondary N) is 1. The van der Waals surface area contributed by atoms with E-state index in [0.717, 1.165) is 11.1 Å². The monoisotopic (exact) mass is 283 g/mol. The molecule has 4 nitrogen and oxygen atoms in total. The summed E-state index contributed by atoms with van der Waals surface area (Å²) >= 11 is 0. The number of esters is 1. The molecule has 0 bridgehead atoms. The third-order valence-electron chi connectivity index (χ3n) is 3.11. The average molecular weight is 283 g/mol. The van der Waals surface area contributed by atoms with Crippen LogP contribution < -0.4 is 10.1 Å². The van der Waals surface area contributed by atoms with Gasteiger partial charge in [-0.3, -0.25) is 4.79 Å². The number of amides is 1. The molecule has 0 unspecified atom stereocenters. The summed E-state index contributed by atoms with van der Waals surface area (Å²) in [6, 6.07) is 12.1. The highest BCUT2D eigenvalue weighted by Gasteiger charge is 2.10. The lowest BCUT2D eigenvalue weighted by molar-refractivity contribution is -0.114. The molecule has 4 heteroatoms. The molecule has 2 rings (SSSR count). The van der Waals surface area contributed by atoms with Crippen LogP contribution in [-0.2, 0) is 4.79 Å². The average Bonchev–Trinajstić information content (AvgIpc) is 2.42. The molecule has 0 aliphatic heterocycles. The predicted molar refractivity (Wildman–Crippen MR) is 81.6 cm³/mol. The Morgan fingerprint density at radius 2 is 1.76 bits per heavy atom. The van der Waals surface area contributed by atoms with E-state index >= 15 is 0 Å². The van der Waals surface area contributed by atoms with Gasteiger partial charge in [0.1, 0.15) is 5.75 Å². The predicted octanol–water partition coefficient (Wildman–Crippen LogP) is 3.48. The number of benzene rings is 2. The third kappa shape index (κ3) is 3.92. The molecule has 0 atom stereocenters. The number of rotatable bonds is 3. The first-order chi connectivity index (χ1) is 9.95. The van der Waals surface area contributed by atoms with Gasteiger partial charge in [-0.25, -0.2) is 4.79 Å². The van der Waals surface area contributed by atoms with E-state index in [4.69, 9.17) is 4.74 Å². The summed E-state index contributed by atoms with van der Waals surface area (Å²) in [5.74, 6) is -0.131. The Balaban J connectivity index is 2.16. The van der Waals surface area contributed by atoms with Crippen LogP contribution in [0.15, 0.2) is 42.5 Å². The van der Waals surface area contributed by atoms with Crippen LogP contribution in [0.4, 0.5) is 5.69 Å². The lowest BCUT2D eigenvalue weighted by atomic mass is 10.1. The Morgan fingerprint density at radius 1 is 1.00 bits per heavy atom. The van der Waals surface area contributed by atoms with Gasteiger partial charge in [-0.15, -0.1) is 0 Å². The lowest BCUT2D eigenvalue weighted by Gasteiger charge is -2.08. The van der Waals surface area contributed by atoms with Crippen molar-refractivity contribution in [2.75, 3.05) is 5.32 Å². The molecule has 0 spiro atoms. The van der Waals surface area contributed by atoms with Crippen LogP contribution in [-0.4, -0.2) is 11.9 Å². The summed E-state index contributed by atoms with van der Waals surface area (Å²) in [5, 5.41) is 2.63. The van der Waals surface area contributed by atoms with Gasteiger partial charge in [0.25, 0.3) is 0 Å². The van der Waals surface area contributed by atoms with Gasteiger partial charge in [-0.1, -0.05) is 12.1 Å². The fraction of sp³-hybridized carbons (Fsp3) is 0.176. The lowest BCUT2D eigenvalue weighted by Crippen LogP contribution is -2.10. The van der Waals surface area contributed by atoms with Gasteiger partial charge >= 0.3 is 5.97 Å². The van der Waals surface area contributed by atoms with E-state index < -0.39 is 5.97 Å². The SMILES string of the molecule is CC(=O)Nc1cccc(C(=O)Oc2ccc(C)c(C)c2)c1. The molecule has 1 amide bonds. The molecule has 0 aliphatic rings. The van der Waals surface area contributed by atoms with Crippen LogP contribution in [0.3, 0.4) is 0 Å². The van der Waals surface area contributed by atoms with Gasteiger partial charge in [-0.05, 0) is 55.3 Å². The molecule has 21 heavy (non-hydrogen) atoms. The van der Waals surface area contributed by atoms with Crippen molar-refractivity contribution >= 4 is 17.6 Å². The highest BCUT2D eigenvalue weighted by molar-refractivity contribution is 5.94. The first-order valence-electron chi connectivity index (χ1n) is 6.63. The smallest absolute Gasteiger partial charge is 0.343 e. The van der Waals surface area contributed by atoms with Gasteiger partial charge in [0.05, 0.1) is 5.56 Å². The van der Waals surface area contributed by atoms with Crippen LogP contribution in [0.1, 0.15) is 28.4 Å². The van der Waals surface area contributed by atoms with Crippen LogP contribution in [0.5, 0.6) is 5.75 Å². The normalized spacial score (nSPS) is 10.0. The van der Waals surface area contributed by atoms with Crippen LogP contribution in [0.2, 0.25) is 0 Å². The van der Waals surface area contributed by atoms with Gasteiger partial charge in [-0.2, -0.15) is 0 Å². The molecule has 2 aromatic carbocycles. The standard InChI is InChI=1S/C17H17NO3/c1-11-7-8-16(9-12(11)2)21-17(20)14-5-4-6-15(10-14)18-13(3)19/h4-10H,1-3H3,(H,18,19). The summed E-state index contributed by atoms with van der Waals surface area (Å²) in [6.45, 7) is 5.38. The molecule has 0 saturated carbocycles. The summed E-state index contributed by atoms with van der Waals surface area (Å²) in [6.07, 6.45) is 0. The summed E-state index contributed by atoms with van der Waals surface area (Å²) in [7, 11) is 0. The summed E-state index contributed by atoms with van der Waals surface area (Å²) < 4.78 is 5.34. The minimum absolute atomic E-state index is 0.185. The molecule has 0 fully saturated rings. The Kier molecular flexibility index (Phi) is 4.38. The maximum absolute atomic E-state index is 12.1. The zero-order valence-corrected chi connectivity index (χ0v) is 12.3. The van der Waals surface area contributed by atoms with Crippen LogP contribution >= 0.6 is 0 Å². The Bertz CT molecular complexity index is 692. The van der Waals surface area contributed by atoms with Crippen molar-refractivity contribution < 1.29 is 14.3 Å². The minimum Gasteiger partial charge on any atom is -0.423 e. The first-order valence-corrected chi connectivity index (χ1v) is 6.63. The van der Waals surface area contributed by atoms with Crippen LogP contribution in [0.25, 0.3) is 0 Å². The second kappa shape index (κ2) is 6.22. The number of carbonyl (C=O) groups is 2. The largest absolute Gasteiger partial charge is 0.423 e. The topological polar surface area (TPSA) is 55.4 Å². The second-order valence-corrected chi connectivity index (χ2v) is 4.90. The maximum Gasteiger partial charge on any atom is 0.343 e. The third-order valence-corrected chi connectivity index (χ3v) is 3.11. The van der Waals surface area contributed by atoms with E-state index in [1.165, 1.54) is 6.92 Å². The Hall–Kier alpha value is -2.62. The van der Waals surface area contributed by atoms with Gasteiger partial charge < -0.3 is 10.1 Å². The molecule has 0 aromatic heterocycles. The maximum atomic E-state index is 12.1. The molecule has 0 heterocycles.